The van der Waals surface area contributed by atoms with Crippen molar-refractivity contribution in [3.05, 3.63) is 171 Å². The van der Waals surface area contributed by atoms with Gasteiger partial charge >= 0.3 is 0 Å². The molecule has 8 rings (SSSR count). The third-order valence-corrected chi connectivity index (χ3v) is 10.6. The summed E-state index contributed by atoms with van der Waals surface area (Å²) in [5.74, 6) is 0. The van der Waals surface area contributed by atoms with Crippen molar-refractivity contribution >= 4 is 45.6 Å². The fourth-order valence-electron chi connectivity index (χ4n) is 6.05. The maximum Gasteiger partial charge on any atom is 0.0795 e. The van der Waals surface area contributed by atoms with E-state index in [1.54, 1.807) is 6.07 Å². The Morgan fingerprint density at radius 2 is 1.18 bits per heavy atom. The summed E-state index contributed by atoms with van der Waals surface area (Å²) in [5, 5.41) is 8.95. The molecule has 49 heavy (non-hydrogen) atoms. The van der Waals surface area contributed by atoms with Gasteiger partial charge in [-0.05, 0) is 63.2 Å². The minimum Gasteiger partial charge on any atom is -0.358 e. The summed E-state index contributed by atoms with van der Waals surface area (Å²) >= 11 is 0. The Morgan fingerprint density at radius 3 is 1.82 bits per heavy atom. The largest absolute Gasteiger partial charge is 0.358 e. The summed E-state index contributed by atoms with van der Waals surface area (Å²) in [6.45, 7) is 4.91. The molecule has 6 aromatic carbocycles. The molecular weight excluding hydrogens is 789 g/mol. The van der Waals surface area contributed by atoms with E-state index in [4.69, 9.17) is 9.10 Å². The second kappa shape index (κ2) is 15.2. The van der Waals surface area contributed by atoms with Crippen LogP contribution in [0.4, 0.5) is 0 Å². The van der Waals surface area contributed by atoms with Gasteiger partial charge in [-0.1, -0.05) is 151 Å². The SMILES string of the molecule is C[Si](C)(C)c1ccc(-c2[c-]cc3c4ccc(-c5ccccc5)cc4c4ccccc4c3c2)nc1.[2H]C([2H])([2H])c1cccc(-c2ccccc2)n1.[CH3-].[Ir]. The first-order valence-electron chi connectivity index (χ1n) is 17.4. The number of benzene rings is 6. The van der Waals surface area contributed by atoms with E-state index >= 15 is 0 Å². The molecule has 8 aromatic rings. The van der Waals surface area contributed by atoms with Crippen LogP contribution in [-0.2, 0) is 20.1 Å². The summed E-state index contributed by atoms with van der Waals surface area (Å²) in [6.07, 6.45) is 2.06. The van der Waals surface area contributed by atoms with E-state index in [1.165, 1.54) is 54.7 Å². The second-order valence-corrected chi connectivity index (χ2v) is 17.9. The van der Waals surface area contributed by atoms with Crippen LogP contribution in [0.15, 0.2) is 152 Å². The van der Waals surface area contributed by atoms with Gasteiger partial charge in [0.2, 0.25) is 0 Å². The molecule has 245 valence electrons. The molecule has 0 bridgehead atoms. The van der Waals surface area contributed by atoms with Gasteiger partial charge in [0.05, 0.1) is 13.8 Å². The first-order valence-corrected chi connectivity index (χ1v) is 19.4. The van der Waals surface area contributed by atoms with E-state index in [-0.39, 0.29) is 33.2 Å². The van der Waals surface area contributed by atoms with Gasteiger partial charge in [0.25, 0.3) is 0 Å². The molecule has 0 saturated heterocycles. The minimum atomic E-state index is -2.15. The number of fused-ring (bicyclic) bond motifs is 6. The Hall–Kier alpha value is -4.73. The van der Waals surface area contributed by atoms with Crippen LogP contribution in [0.5, 0.6) is 0 Å². The first-order chi connectivity index (χ1) is 24.1. The van der Waals surface area contributed by atoms with Crippen LogP contribution in [0.1, 0.15) is 9.81 Å². The molecule has 1 radical (unpaired) electrons. The maximum atomic E-state index is 7.30. The molecule has 0 saturated carbocycles. The van der Waals surface area contributed by atoms with Gasteiger partial charge in [-0.2, -0.15) is 0 Å². The molecule has 0 fully saturated rings. The van der Waals surface area contributed by atoms with Crippen LogP contribution in [0.3, 0.4) is 0 Å². The number of hydrogen-bond donors (Lipinski definition) is 0. The van der Waals surface area contributed by atoms with Crippen molar-refractivity contribution in [2.45, 2.75) is 26.5 Å². The quantitative estimate of drug-likeness (QED) is 0.100. The van der Waals surface area contributed by atoms with Crippen LogP contribution in [0.25, 0.3) is 66.0 Å². The van der Waals surface area contributed by atoms with E-state index in [0.29, 0.717) is 5.69 Å². The summed E-state index contributed by atoms with van der Waals surface area (Å²) < 4.78 is 21.9. The van der Waals surface area contributed by atoms with Gasteiger partial charge in [-0.3, -0.25) is 4.98 Å². The molecule has 0 aliphatic heterocycles. The second-order valence-electron chi connectivity index (χ2n) is 12.8. The van der Waals surface area contributed by atoms with E-state index < -0.39 is 14.9 Å². The third-order valence-electron chi connectivity index (χ3n) is 8.60. The van der Waals surface area contributed by atoms with Crippen molar-refractivity contribution in [3.63, 3.8) is 0 Å². The van der Waals surface area contributed by atoms with Crippen LogP contribution >= 0.6 is 0 Å². The minimum absolute atomic E-state index is 0. The first kappa shape index (κ1) is 31.5. The third kappa shape index (κ3) is 7.63. The number of rotatable bonds is 4. The van der Waals surface area contributed by atoms with Crippen molar-refractivity contribution in [2.24, 2.45) is 0 Å². The van der Waals surface area contributed by atoms with Crippen LogP contribution < -0.4 is 5.19 Å². The van der Waals surface area contributed by atoms with Crippen molar-refractivity contribution in [3.8, 4) is 33.6 Å². The predicted molar refractivity (Wildman–Crippen MR) is 210 cm³/mol. The molecule has 2 aromatic heterocycles. The van der Waals surface area contributed by atoms with Gasteiger partial charge in [0.15, 0.2) is 0 Å². The summed E-state index contributed by atoms with van der Waals surface area (Å²) in [5.41, 5.74) is 6.25. The van der Waals surface area contributed by atoms with Gasteiger partial charge in [0.1, 0.15) is 0 Å². The molecule has 0 aliphatic carbocycles. The Kier molecular flexibility index (Phi) is 9.79. The molecule has 0 unspecified atom stereocenters. The molecule has 2 heterocycles. The number of hydrogen-bond acceptors (Lipinski definition) is 2. The van der Waals surface area contributed by atoms with Crippen molar-refractivity contribution in [1.29, 1.82) is 0 Å². The Balaban J connectivity index is 0.000000246. The molecule has 2 nitrogen and oxygen atoms in total. The van der Waals surface area contributed by atoms with E-state index in [0.717, 1.165) is 16.8 Å². The Bertz CT molecular complexity index is 2420. The van der Waals surface area contributed by atoms with Crippen molar-refractivity contribution in [1.82, 2.24) is 9.97 Å². The molecular formula is C45H40IrN2Si-2. The summed E-state index contributed by atoms with van der Waals surface area (Å²) in [6, 6.07) is 53.1. The topological polar surface area (TPSA) is 25.8 Å². The zero-order chi connectivity index (χ0) is 34.9. The molecule has 0 spiro atoms. The monoisotopic (exact) mass is 832 g/mol. The fourth-order valence-corrected chi connectivity index (χ4v) is 7.09. The number of aromatic nitrogens is 2. The van der Waals surface area contributed by atoms with Gasteiger partial charge < -0.3 is 12.4 Å². The van der Waals surface area contributed by atoms with Crippen molar-refractivity contribution < 1.29 is 24.2 Å². The van der Waals surface area contributed by atoms with E-state index in [2.05, 4.69) is 134 Å². The van der Waals surface area contributed by atoms with Gasteiger partial charge in [-0.25, -0.2) is 0 Å². The average Bonchev–Trinajstić information content (AvgIpc) is 3.15. The summed E-state index contributed by atoms with van der Waals surface area (Å²) in [7, 11) is -1.37. The summed E-state index contributed by atoms with van der Waals surface area (Å²) in [4.78, 5) is 8.97. The van der Waals surface area contributed by atoms with Crippen molar-refractivity contribution in [2.75, 3.05) is 0 Å². The normalized spacial score (nSPS) is 12.1. The Labute approximate surface area is 309 Å². The number of aryl methyl sites for hydroxylation is 1. The number of pyridine rings is 2. The standard InChI is InChI=1S/C32H26NSi.C12H11N.CH3.Ir/c1-34(2,3)25-15-18-32(33-21-25)24-14-17-29-28-16-13-23(22-9-5-4-6-10-22)19-30(28)26-11-7-8-12-27(26)31(29)20-24;1-10-6-5-9-12(13-10)11-7-3-2-4-8-11;;/h4-13,15-21H,1-3H3;2-9H,1H3;1H3;/q-1;;-1;/i;1D3;;. The van der Waals surface area contributed by atoms with Gasteiger partial charge in [-0.15, -0.1) is 23.8 Å². The molecule has 0 aliphatic rings. The molecule has 4 heteroatoms. The maximum absolute atomic E-state index is 7.30. The van der Waals surface area contributed by atoms with Crippen LogP contribution in [0.2, 0.25) is 19.6 Å². The fraction of sp³-hybridized carbons (Fsp3) is 0.0889. The molecule has 0 atom stereocenters. The van der Waals surface area contributed by atoms with Crippen LogP contribution in [-0.4, -0.2) is 18.0 Å². The van der Waals surface area contributed by atoms with Gasteiger partial charge in [0, 0.05) is 41.7 Å². The zero-order valence-electron chi connectivity index (χ0n) is 31.2. The molecule has 0 N–H and O–H groups in total. The number of nitrogens with zero attached hydrogens (tertiary/aromatic N) is 2. The molecule has 0 amide bonds. The average molecular weight is 832 g/mol. The predicted octanol–water partition coefficient (Wildman–Crippen LogP) is 11.7. The Morgan fingerprint density at radius 1 is 0.551 bits per heavy atom. The zero-order valence-corrected chi connectivity index (χ0v) is 31.6. The van der Waals surface area contributed by atoms with E-state index in [9.17, 15) is 0 Å². The van der Waals surface area contributed by atoms with Crippen LogP contribution in [0, 0.1) is 20.3 Å². The smallest absolute Gasteiger partial charge is 0.0795 e. The van der Waals surface area contributed by atoms with E-state index in [1.807, 2.05) is 36.4 Å².